The van der Waals surface area contributed by atoms with Crippen LogP contribution in [0.4, 0.5) is 17.1 Å². The van der Waals surface area contributed by atoms with Gasteiger partial charge in [-0.05, 0) is 61.6 Å². The fourth-order valence-electron chi connectivity index (χ4n) is 4.98. The Hall–Kier alpha value is -4.83. The maximum Gasteiger partial charge on any atom is 0.261 e. The van der Waals surface area contributed by atoms with E-state index in [1.165, 1.54) is 6.92 Å². The molecule has 0 saturated carbocycles. The number of H-pyrrole nitrogens is 2. The molecule has 3 heterocycles. The molecule has 10 nitrogen and oxygen atoms in total. The highest BCUT2D eigenvalue weighted by Crippen LogP contribution is 2.37. The number of nitrogen functional groups attached to an aromatic ring is 1. The smallest absolute Gasteiger partial charge is 0.261 e. The Bertz CT molecular complexity index is 1750. The molecule has 39 heavy (non-hydrogen) atoms. The third-order valence-corrected chi connectivity index (χ3v) is 7.01. The van der Waals surface area contributed by atoms with Crippen LogP contribution in [0, 0.1) is 0 Å². The average molecular weight is 524 g/mol. The molecule has 3 aromatic carbocycles. The Labute approximate surface area is 224 Å². The summed E-state index contributed by atoms with van der Waals surface area (Å²) in [5.74, 6) is 1.30. The zero-order chi connectivity index (χ0) is 27.1. The Morgan fingerprint density at radius 3 is 2.51 bits per heavy atom. The minimum Gasteiger partial charge on any atom is -0.457 e. The average Bonchev–Trinajstić information content (AvgIpc) is 3.32. The van der Waals surface area contributed by atoms with Gasteiger partial charge in [0.2, 0.25) is 5.91 Å². The van der Waals surface area contributed by atoms with Gasteiger partial charge in [-0.1, -0.05) is 6.07 Å². The van der Waals surface area contributed by atoms with E-state index in [4.69, 9.17) is 15.5 Å². The van der Waals surface area contributed by atoms with Crippen LogP contribution in [0.1, 0.15) is 6.92 Å². The van der Waals surface area contributed by atoms with Crippen molar-refractivity contribution in [2.45, 2.75) is 6.92 Å². The summed E-state index contributed by atoms with van der Waals surface area (Å²) in [7, 11) is 2.13. The molecule has 1 saturated heterocycles. The summed E-state index contributed by atoms with van der Waals surface area (Å²) < 4.78 is 6.16. The number of nitrogens with one attached hydrogen (secondary N) is 3. The molecule has 0 spiro atoms. The number of anilines is 3. The number of rotatable bonds is 5. The van der Waals surface area contributed by atoms with E-state index in [0.29, 0.717) is 33.9 Å². The van der Waals surface area contributed by atoms with Gasteiger partial charge in [0.15, 0.2) is 0 Å². The van der Waals surface area contributed by atoms with Crippen LogP contribution in [0.3, 0.4) is 0 Å². The second kappa shape index (κ2) is 9.80. The van der Waals surface area contributed by atoms with Crippen molar-refractivity contribution in [1.82, 2.24) is 19.9 Å². The maximum absolute atomic E-state index is 13.2. The van der Waals surface area contributed by atoms with Gasteiger partial charge < -0.3 is 35.6 Å². The van der Waals surface area contributed by atoms with Gasteiger partial charge >= 0.3 is 0 Å². The lowest BCUT2D eigenvalue weighted by molar-refractivity contribution is -0.114. The molecule has 2 aromatic heterocycles. The van der Waals surface area contributed by atoms with Gasteiger partial charge in [0, 0.05) is 44.5 Å². The summed E-state index contributed by atoms with van der Waals surface area (Å²) in [4.78, 5) is 40.1. The summed E-state index contributed by atoms with van der Waals surface area (Å²) in [6, 6.07) is 18.5. The maximum atomic E-state index is 13.2. The van der Waals surface area contributed by atoms with Crippen molar-refractivity contribution < 1.29 is 9.53 Å². The Morgan fingerprint density at radius 2 is 1.77 bits per heavy atom. The molecule has 1 amide bonds. The summed E-state index contributed by atoms with van der Waals surface area (Å²) in [5, 5.41) is 3.31. The number of hydrogen-bond donors (Lipinski definition) is 4. The molecule has 5 aromatic rings. The Balaban J connectivity index is 1.37. The summed E-state index contributed by atoms with van der Waals surface area (Å²) in [5.41, 5.74) is 10.8. The molecule has 0 aliphatic carbocycles. The third kappa shape index (κ3) is 4.77. The van der Waals surface area contributed by atoms with E-state index in [-0.39, 0.29) is 22.7 Å². The van der Waals surface area contributed by atoms with Crippen LogP contribution < -0.4 is 26.2 Å². The predicted molar refractivity (Wildman–Crippen MR) is 155 cm³/mol. The monoisotopic (exact) mass is 523 g/mol. The number of benzene rings is 3. The van der Waals surface area contributed by atoms with E-state index in [1.807, 2.05) is 6.07 Å². The molecule has 5 N–H and O–H groups in total. The molecule has 1 aliphatic heterocycles. The van der Waals surface area contributed by atoms with Crippen LogP contribution in [0.5, 0.6) is 11.5 Å². The molecular formula is C29H29N7O3. The second-order valence-electron chi connectivity index (χ2n) is 9.81. The van der Waals surface area contributed by atoms with E-state index in [9.17, 15) is 9.59 Å². The lowest BCUT2D eigenvalue weighted by atomic mass is 10.1. The molecule has 10 heteroatoms. The number of aromatic amines is 2. The van der Waals surface area contributed by atoms with Crippen LogP contribution in [-0.4, -0.2) is 59.0 Å². The normalized spacial score (nSPS) is 14.2. The molecule has 198 valence electrons. The largest absolute Gasteiger partial charge is 0.457 e. The SMILES string of the molecule is CC(=O)Nc1ccc(Oc2cccc3[nH]c(=O)c(-c4nc5ccc(N6CCN(C)CC6)cc5[nH]4)c(N)c23)cc1. The number of fused-ring (bicyclic) bond motifs is 2. The van der Waals surface area contributed by atoms with E-state index < -0.39 is 0 Å². The second-order valence-corrected chi connectivity index (χ2v) is 9.81. The predicted octanol–water partition coefficient (Wildman–Crippen LogP) is 4.16. The van der Waals surface area contributed by atoms with Crippen LogP contribution >= 0.6 is 0 Å². The lowest BCUT2D eigenvalue weighted by Gasteiger charge is -2.34. The van der Waals surface area contributed by atoms with Crippen molar-refractivity contribution in [3.05, 3.63) is 71.0 Å². The standard InChI is InChI=1S/C29H29N7O3/c1-17(37)31-18-6-9-20(10-7-18)39-24-5-3-4-22-25(24)27(30)26(29(38)34-22)28-32-21-11-8-19(16-23(21)33-28)36-14-12-35(2)13-15-36/h3-11,16H,12-15H2,1-2H3,(H,31,37)(H,32,33)(H3,30,34,38). The van der Waals surface area contributed by atoms with Gasteiger partial charge in [-0.15, -0.1) is 0 Å². The lowest BCUT2D eigenvalue weighted by Crippen LogP contribution is -2.44. The molecule has 0 bridgehead atoms. The van der Waals surface area contributed by atoms with Crippen molar-refractivity contribution >= 4 is 44.9 Å². The summed E-state index contributed by atoms with van der Waals surface area (Å²) in [6.07, 6.45) is 0. The van der Waals surface area contributed by atoms with Crippen LogP contribution in [0.25, 0.3) is 33.3 Å². The van der Waals surface area contributed by atoms with Crippen LogP contribution in [0.2, 0.25) is 0 Å². The van der Waals surface area contributed by atoms with Crippen molar-refractivity contribution in [3.8, 4) is 22.9 Å². The van der Waals surface area contributed by atoms with E-state index in [1.54, 1.807) is 42.5 Å². The van der Waals surface area contributed by atoms with Crippen molar-refractivity contribution in [1.29, 1.82) is 0 Å². The molecule has 0 atom stereocenters. The number of carbonyl (C=O) groups excluding carboxylic acids is 1. The highest BCUT2D eigenvalue weighted by atomic mass is 16.5. The van der Waals surface area contributed by atoms with E-state index >= 15 is 0 Å². The zero-order valence-electron chi connectivity index (χ0n) is 21.7. The topological polar surface area (TPSA) is 132 Å². The number of piperazine rings is 1. The number of ether oxygens (including phenoxy) is 1. The number of amides is 1. The minimum atomic E-state index is -0.338. The van der Waals surface area contributed by atoms with Crippen molar-refractivity contribution in [2.75, 3.05) is 49.2 Å². The highest BCUT2D eigenvalue weighted by Gasteiger charge is 2.20. The minimum absolute atomic E-state index is 0.150. The number of nitrogens with zero attached hydrogens (tertiary/aromatic N) is 3. The number of likely N-dealkylation sites (N-methyl/N-ethyl adjacent to an activating group) is 1. The van der Waals surface area contributed by atoms with Gasteiger partial charge in [0.05, 0.1) is 27.6 Å². The molecule has 1 aliphatic rings. The van der Waals surface area contributed by atoms with Gasteiger partial charge in [0.25, 0.3) is 5.56 Å². The number of hydrogen-bond acceptors (Lipinski definition) is 7. The number of pyridine rings is 1. The number of aromatic nitrogens is 3. The first-order valence-electron chi connectivity index (χ1n) is 12.8. The van der Waals surface area contributed by atoms with Gasteiger partial charge in [0.1, 0.15) is 22.9 Å². The molecule has 6 rings (SSSR count). The van der Waals surface area contributed by atoms with Crippen LogP contribution in [-0.2, 0) is 4.79 Å². The van der Waals surface area contributed by atoms with Gasteiger partial charge in [-0.3, -0.25) is 9.59 Å². The summed E-state index contributed by atoms with van der Waals surface area (Å²) >= 11 is 0. The molecule has 0 unspecified atom stereocenters. The Morgan fingerprint density at radius 1 is 1.00 bits per heavy atom. The third-order valence-electron chi connectivity index (χ3n) is 7.01. The molecule has 0 radical (unpaired) electrons. The number of imidazole rings is 1. The first-order valence-corrected chi connectivity index (χ1v) is 12.8. The van der Waals surface area contributed by atoms with Gasteiger partial charge in [-0.2, -0.15) is 0 Å². The zero-order valence-corrected chi connectivity index (χ0v) is 21.7. The Kier molecular flexibility index (Phi) is 6.16. The van der Waals surface area contributed by atoms with Gasteiger partial charge in [-0.25, -0.2) is 4.98 Å². The van der Waals surface area contributed by atoms with Crippen LogP contribution in [0.15, 0.2) is 65.5 Å². The first kappa shape index (κ1) is 24.5. The quantitative estimate of drug-likeness (QED) is 0.272. The van der Waals surface area contributed by atoms with E-state index in [0.717, 1.165) is 42.9 Å². The van der Waals surface area contributed by atoms with Crippen molar-refractivity contribution in [2.24, 2.45) is 0 Å². The molecular weight excluding hydrogens is 494 g/mol. The summed E-state index contributed by atoms with van der Waals surface area (Å²) in [6.45, 7) is 5.40. The molecule has 1 fully saturated rings. The van der Waals surface area contributed by atoms with E-state index in [2.05, 4.69) is 44.3 Å². The highest BCUT2D eigenvalue weighted by molar-refractivity contribution is 6.02. The number of nitrogens with two attached hydrogens (primary N) is 1. The fraction of sp³-hybridized carbons (Fsp3) is 0.207. The fourth-order valence-corrected chi connectivity index (χ4v) is 4.98. The van der Waals surface area contributed by atoms with Crippen molar-refractivity contribution in [3.63, 3.8) is 0 Å². The number of carbonyl (C=O) groups is 1. The first-order chi connectivity index (χ1) is 18.9.